The third-order valence-electron chi connectivity index (χ3n) is 2.97. The standard InChI is InChI=1S/C15H20ClNO2/c1-2-17-14(15-8-3-4-9-18-15)11-19-13-7-5-6-12(16)10-13/h5-8,10,14,17H,2-4,9,11H2,1H3. The Labute approximate surface area is 119 Å². The molecule has 0 fully saturated rings. The Morgan fingerprint density at radius 3 is 3.05 bits per heavy atom. The molecule has 0 radical (unpaired) electrons. The molecule has 0 amide bonds. The van der Waals surface area contributed by atoms with Crippen molar-refractivity contribution in [1.29, 1.82) is 0 Å². The summed E-state index contributed by atoms with van der Waals surface area (Å²) in [4.78, 5) is 0. The monoisotopic (exact) mass is 281 g/mol. The highest BCUT2D eigenvalue weighted by Gasteiger charge is 2.17. The van der Waals surface area contributed by atoms with E-state index in [1.807, 2.05) is 24.3 Å². The minimum Gasteiger partial charge on any atom is -0.496 e. The summed E-state index contributed by atoms with van der Waals surface area (Å²) in [5.74, 6) is 1.78. The number of likely N-dealkylation sites (N-methyl/N-ethyl adjacent to an activating group) is 1. The molecule has 2 rings (SSSR count). The summed E-state index contributed by atoms with van der Waals surface area (Å²) >= 11 is 5.94. The smallest absolute Gasteiger partial charge is 0.120 e. The van der Waals surface area contributed by atoms with E-state index in [0.29, 0.717) is 11.6 Å². The molecule has 1 atom stereocenters. The number of allylic oxidation sites excluding steroid dienone is 1. The van der Waals surface area contributed by atoms with Gasteiger partial charge in [-0.1, -0.05) is 24.6 Å². The Bertz CT molecular complexity index is 434. The topological polar surface area (TPSA) is 30.5 Å². The fourth-order valence-corrected chi connectivity index (χ4v) is 2.22. The zero-order valence-electron chi connectivity index (χ0n) is 11.2. The van der Waals surface area contributed by atoms with Gasteiger partial charge < -0.3 is 14.8 Å². The molecule has 0 saturated heterocycles. The second kappa shape index (κ2) is 7.41. The average molecular weight is 282 g/mol. The van der Waals surface area contributed by atoms with Crippen LogP contribution < -0.4 is 10.1 Å². The van der Waals surface area contributed by atoms with Crippen molar-refractivity contribution in [2.24, 2.45) is 0 Å². The Kier molecular flexibility index (Phi) is 5.55. The molecule has 0 aliphatic carbocycles. The molecule has 3 nitrogen and oxygen atoms in total. The molecule has 1 N–H and O–H groups in total. The molecule has 19 heavy (non-hydrogen) atoms. The van der Waals surface area contributed by atoms with Crippen LogP contribution in [0.25, 0.3) is 0 Å². The highest BCUT2D eigenvalue weighted by Crippen LogP contribution is 2.19. The van der Waals surface area contributed by atoms with E-state index in [1.54, 1.807) is 0 Å². The lowest BCUT2D eigenvalue weighted by molar-refractivity contribution is 0.147. The second-order valence-electron chi connectivity index (χ2n) is 4.48. The maximum atomic E-state index is 5.94. The number of halogens is 1. The normalized spacial score (nSPS) is 16.4. The maximum absolute atomic E-state index is 5.94. The molecule has 0 spiro atoms. The van der Waals surface area contributed by atoms with E-state index >= 15 is 0 Å². The lowest BCUT2D eigenvalue weighted by Gasteiger charge is -2.24. The van der Waals surface area contributed by atoms with Crippen molar-refractivity contribution in [2.75, 3.05) is 19.8 Å². The third-order valence-corrected chi connectivity index (χ3v) is 3.20. The third kappa shape index (κ3) is 4.44. The average Bonchev–Trinajstić information content (AvgIpc) is 2.44. The Balaban J connectivity index is 1.95. The fraction of sp³-hybridized carbons (Fsp3) is 0.467. The largest absolute Gasteiger partial charge is 0.496 e. The van der Waals surface area contributed by atoms with Crippen LogP contribution in [-0.4, -0.2) is 25.8 Å². The summed E-state index contributed by atoms with van der Waals surface area (Å²) in [5, 5.41) is 4.07. The van der Waals surface area contributed by atoms with Gasteiger partial charge in [-0.05, 0) is 43.7 Å². The zero-order valence-corrected chi connectivity index (χ0v) is 12.0. The Hall–Kier alpha value is -1.19. The molecule has 0 saturated carbocycles. The van der Waals surface area contributed by atoms with Gasteiger partial charge in [-0.3, -0.25) is 0 Å². The van der Waals surface area contributed by atoms with Crippen molar-refractivity contribution < 1.29 is 9.47 Å². The van der Waals surface area contributed by atoms with Crippen LogP contribution in [0.4, 0.5) is 0 Å². The van der Waals surface area contributed by atoms with Crippen LogP contribution in [-0.2, 0) is 4.74 Å². The van der Waals surface area contributed by atoms with Gasteiger partial charge in [0.1, 0.15) is 18.1 Å². The summed E-state index contributed by atoms with van der Waals surface area (Å²) in [7, 11) is 0. The second-order valence-corrected chi connectivity index (χ2v) is 4.91. The minimum absolute atomic E-state index is 0.101. The summed E-state index contributed by atoms with van der Waals surface area (Å²) in [6.45, 7) is 4.30. The summed E-state index contributed by atoms with van der Waals surface area (Å²) in [6.07, 6.45) is 4.32. The molecule has 1 aliphatic heterocycles. The molecule has 1 aromatic rings. The van der Waals surface area contributed by atoms with E-state index in [1.165, 1.54) is 0 Å². The first kappa shape index (κ1) is 14.2. The first-order chi connectivity index (χ1) is 9.29. The highest BCUT2D eigenvalue weighted by molar-refractivity contribution is 6.30. The van der Waals surface area contributed by atoms with E-state index in [0.717, 1.165) is 37.5 Å². The number of hydrogen-bond acceptors (Lipinski definition) is 3. The number of benzene rings is 1. The van der Waals surface area contributed by atoms with Gasteiger partial charge in [-0.2, -0.15) is 0 Å². The predicted octanol–water partition coefficient (Wildman–Crippen LogP) is 3.39. The zero-order chi connectivity index (χ0) is 13.5. The molecule has 0 aromatic heterocycles. The van der Waals surface area contributed by atoms with Crippen LogP contribution in [0, 0.1) is 0 Å². The molecule has 0 bridgehead atoms. The van der Waals surface area contributed by atoms with Crippen LogP contribution >= 0.6 is 11.6 Å². The maximum Gasteiger partial charge on any atom is 0.120 e. The lowest BCUT2D eigenvalue weighted by atomic mass is 10.1. The number of rotatable bonds is 6. The molecule has 1 aliphatic rings. The van der Waals surface area contributed by atoms with Crippen LogP contribution in [0.15, 0.2) is 36.1 Å². The summed E-state index contributed by atoms with van der Waals surface area (Å²) in [6, 6.07) is 7.55. The quantitative estimate of drug-likeness (QED) is 0.867. The van der Waals surface area contributed by atoms with Crippen LogP contribution in [0.2, 0.25) is 5.02 Å². The fourth-order valence-electron chi connectivity index (χ4n) is 2.04. The van der Waals surface area contributed by atoms with Crippen molar-refractivity contribution in [1.82, 2.24) is 5.32 Å². The van der Waals surface area contributed by atoms with E-state index in [-0.39, 0.29) is 6.04 Å². The molecule has 4 heteroatoms. The van der Waals surface area contributed by atoms with Gasteiger partial charge in [-0.25, -0.2) is 0 Å². The van der Waals surface area contributed by atoms with Crippen molar-refractivity contribution in [3.8, 4) is 5.75 Å². The van der Waals surface area contributed by atoms with Crippen LogP contribution in [0.3, 0.4) is 0 Å². The van der Waals surface area contributed by atoms with E-state index in [9.17, 15) is 0 Å². The van der Waals surface area contributed by atoms with Crippen LogP contribution in [0.5, 0.6) is 5.75 Å². The van der Waals surface area contributed by atoms with Gasteiger partial charge in [0, 0.05) is 5.02 Å². The Morgan fingerprint density at radius 2 is 2.37 bits per heavy atom. The first-order valence-electron chi connectivity index (χ1n) is 6.74. The number of hydrogen-bond donors (Lipinski definition) is 1. The van der Waals surface area contributed by atoms with Crippen molar-refractivity contribution in [3.63, 3.8) is 0 Å². The van der Waals surface area contributed by atoms with Crippen molar-refractivity contribution >= 4 is 11.6 Å². The molecule has 1 heterocycles. The van der Waals surface area contributed by atoms with E-state index in [2.05, 4.69) is 18.3 Å². The van der Waals surface area contributed by atoms with Crippen molar-refractivity contribution in [2.45, 2.75) is 25.8 Å². The summed E-state index contributed by atoms with van der Waals surface area (Å²) in [5.41, 5.74) is 0. The predicted molar refractivity (Wildman–Crippen MR) is 77.7 cm³/mol. The number of ether oxygens (including phenoxy) is 2. The molecular formula is C15H20ClNO2. The number of nitrogens with one attached hydrogen (secondary N) is 1. The van der Waals surface area contributed by atoms with E-state index < -0.39 is 0 Å². The molecular weight excluding hydrogens is 262 g/mol. The lowest BCUT2D eigenvalue weighted by Crippen LogP contribution is -2.37. The van der Waals surface area contributed by atoms with Gasteiger partial charge in [0.25, 0.3) is 0 Å². The Morgan fingerprint density at radius 1 is 1.47 bits per heavy atom. The molecule has 1 aromatic carbocycles. The van der Waals surface area contributed by atoms with Gasteiger partial charge >= 0.3 is 0 Å². The van der Waals surface area contributed by atoms with Gasteiger partial charge in [0.05, 0.1) is 12.6 Å². The molecule has 104 valence electrons. The van der Waals surface area contributed by atoms with E-state index in [4.69, 9.17) is 21.1 Å². The van der Waals surface area contributed by atoms with Gasteiger partial charge in [0.2, 0.25) is 0 Å². The van der Waals surface area contributed by atoms with Crippen molar-refractivity contribution in [3.05, 3.63) is 41.1 Å². The minimum atomic E-state index is 0.101. The molecule has 1 unspecified atom stereocenters. The highest BCUT2D eigenvalue weighted by atomic mass is 35.5. The van der Waals surface area contributed by atoms with Gasteiger partial charge in [-0.15, -0.1) is 0 Å². The SMILES string of the molecule is CCNC(COc1cccc(Cl)c1)C1=CCCCO1. The first-order valence-corrected chi connectivity index (χ1v) is 7.12. The van der Waals surface area contributed by atoms with Gasteiger partial charge in [0.15, 0.2) is 0 Å². The summed E-state index contributed by atoms with van der Waals surface area (Å²) < 4.78 is 11.5. The van der Waals surface area contributed by atoms with Crippen LogP contribution in [0.1, 0.15) is 19.8 Å².